The Balaban J connectivity index is 1.97. The molecule has 1 unspecified atom stereocenters. The zero-order valence-corrected chi connectivity index (χ0v) is 21.2. The summed E-state index contributed by atoms with van der Waals surface area (Å²) in [5.74, 6) is 1.15. The first-order valence-corrected chi connectivity index (χ1v) is 12.1. The van der Waals surface area contributed by atoms with Gasteiger partial charge in [-0.3, -0.25) is 0 Å². The molecule has 0 radical (unpaired) electrons. The van der Waals surface area contributed by atoms with Gasteiger partial charge in [-0.05, 0) is 128 Å². The summed E-state index contributed by atoms with van der Waals surface area (Å²) in [4.78, 5) is 13.0. The summed E-state index contributed by atoms with van der Waals surface area (Å²) in [6, 6.07) is 8.66. The van der Waals surface area contributed by atoms with Gasteiger partial charge in [-0.2, -0.15) is 0 Å². The van der Waals surface area contributed by atoms with E-state index in [4.69, 9.17) is 14.2 Å². The van der Waals surface area contributed by atoms with Crippen LogP contribution in [0.15, 0.2) is 24.3 Å². The molecule has 1 aliphatic carbocycles. The highest BCUT2D eigenvalue weighted by atomic mass is 127. The molecule has 1 atom stereocenters. The summed E-state index contributed by atoms with van der Waals surface area (Å²) in [5, 5.41) is 0. The summed E-state index contributed by atoms with van der Waals surface area (Å²) in [6.45, 7) is 8.77. The van der Waals surface area contributed by atoms with Crippen LogP contribution < -0.4 is 4.74 Å². The van der Waals surface area contributed by atoms with E-state index >= 15 is 0 Å². The van der Waals surface area contributed by atoms with E-state index in [0.717, 1.165) is 47.5 Å². The second-order valence-corrected chi connectivity index (χ2v) is 10.7. The predicted molar refractivity (Wildman–Crippen MR) is 131 cm³/mol. The van der Waals surface area contributed by atoms with Crippen molar-refractivity contribution in [3.63, 3.8) is 0 Å². The molecule has 166 valence electrons. The van der Waals surface area contributed by atoms with E-state index in [0.29, 0.717) is 5.92 Å². The number of ether oxygens (including phenoxy) is 3. The van der Waals surface area contributed by atoms with Gasteiger partial charge in [0, 0.05) is 9.13 Å². The van der Waals surface area contributed by atoms with Crippen molar-refractivity contribution in [2.75, 3.05) is 13.7 Å². The molecule has 31 heavy (non-hydrogen) atoms. The fourth-order valence-corrected chi connectivity index (χ4v) is 5.61. The van der Waals surface area contributed by atoms with Crippen LogP contribution >= 0.6 is 22.6 Å². The highest BCUT2D eigenvalue weighted by Gasteiger charge is 2.37. The highest BCUT2D eigenvalue weighted by molar-refractivity contribution is 14.1. The molecule has 0 amide bonds. The van der Waals surface area contributed by atoms with Gasteiger partial charge in [-0.15, -0.1) is 0 Å². The SMILES string of the molecule is COC(=O)C(OC(C)(C)C)c1c(C)cc(I)c(C2CC2)c1-c1ccc2c(c1)CCCO2. The van der Waals surface area contributed by atoms with Crippen LogP contribution in [0.3, 0.4) is 0 Å². The first-order chi connectivity index (χ1) is 14.7. The Labute approximate surface area is 198 Å². The van der Waals surface area contributed by atoms with Crippen LogP contribution in [0.25, 0.3) is 11.1 Å². The molecule has 1 fully saturated rings. The molecule has 2 aromatic carbocycles. The summed E-state index contributed by atoms with van der Waals surface area (Å²) in [7, 11) is 1.43. The normalized spacial score (nSPS) is 17.0. The maximum atomic E-state index is 13.0. The number of hydrogen-bond acceptors (Lipinski definition) is 4. The molecule has 0 N–H and O–H groups in total. The molecule has 5 heteroatoms. The lowest BCUT2D eigenvalue weighted by Gasteiger charge is -2.30. The van der Waals surface area contributed by atoms with E-state index in [-0.39, 0.29) is 5.97 Å². The number of carbonyl (C=O) groups is 1. The van der Waals surface area contributed by atoms with Gasteiger partial charge in [0.15, 0.2) is 6.10 Å². The standard InChI is InChI=1S/C26H31IO4/c1-15-13-19(27)22(16-8-9-16)23(18-10-11-20-17(14-18)7-6-12-30-20)21(15)24(25(28)29-5)31-26(2,3)4/h10-11,13-14,16,24H,6-9,12H2,1-5H3. The fraction of sp³-hybridized carbons (Fsp3) is 0.500. The van der Waals surface area contributed by atoms with Crippen LogP contribution in [-0.4, -0.2) is 25.3 Å². The molecule has 4 rings (SSSR count). The minimum absolute atomic E-state index is 0.358. The maximum Gasteiger partial charge on any atom is 0.339 e. The third kappa shape index (κ3) is 4.77. The Morgan fingerprint density at radius 1 is 1.23 bits per heavy atom. The number of carbonyl (C=O) groups excluding carboxylic acids is 1. The summed E-state index contributed by atoms with van der Waals surface area (Å²) >= 11 is 2.45. The van der Waals surface area contributed by atoms with Crippen molar-refractivity contribution in [1.82, 2.24) is 0 Å². The van der Waals surface area contributed by atoms with E-state index in [1.807, 2.05) is 20.8 Å². The van der Waals surface area contributed by atoms with Crippen molar-refractivity contribution >= 4 is 28.6 Å². The minimum Gasteiger partial charge on any atom is -0.493 e. The third-order valence-electron chi connectivity index (χ3n) is 5.90. The van der Waals surface area contributed by atoms with Crippen molar-refractivity contribution in [3.8, 4) is 16.9 Å². The van der Waals surface area contributed by atoms with Gasteiger partial charge in [-0.25, -0.2) is 4.79 Å². The van der Waals surface area contributed by atoms with Crippen LogP contribution in [-0.2, 0) is 20.7 Å². The van der Waals surface area contributed by atoms with Gasteiger partial charge in [-0.1, -0.05) is 6.07 Å². The Bertz CT molecular complexity index is 1000. The first kappa shape index (κ1) is 22.6. The van der Waals surface area contributed by atoms with Gasteiger partial charge >= 0.3 is 5.97 Å². The molecule has 0 aromatic heterocycles. The zero-order chi connectivity index (χ0) is 22.3. The summed E-state index contributed by atoms with van der Waals surface area (Å²) in [6.07, 6.45) is 3.63. The van der Waals surface area contributed by atoms with Crippen LogP contribution in [0.1, 0.15) is 74.3 Å². The van der Waals surface area contributed by atoms with Crippen LogP contribution in [0.5, 0.6) is 5.75 Å². The number of aryl methyl sites for hydroxylation is 2. The Morgan fingerprint density at radius 2 is 1.97 bits per heavy atom. The smallest absolute Gasteiger partial charge is 0.339 e. The van der Waals surface area contributed by atoms with Gasteiger partial charge in [0.05, 0.1) is 19.3 Å². The van der Waals surface area contributed by atoms with Gasteiger partial charge in [0.2, 0.25) is 0 Å². The number of benzene rings is 2. The molecule has 1 saturated carbocycles. The van der Waals surface area contributed by atoms with E-state index in [2.05, 4.69) is 53.8 Å². The molecule has 0 saturated heterocycles. The predicted octanol–water partition coefficient (Wildman–Crippen LogP) is 6.50. The van der Waals surface area contributed by atoms with Gasteiger partial charge < -0.3 is 14.2 Å². The topological polar surface area (TPSA) is 44.8 Å². The summed E-state index contributed by atoms with van der Waals surface area (Å²) < 4.78 is 18.6. The van der Waals surface area contributed by atoms with Crippen molar-refractivity contribution in [2.45, 2.75) is 71.0 Å². The molecule has 1 heterocycles. The number of methoxy groups -OCH3 is 1. The molecule has 0 bridgehead atoms. The van der Waals surface area contributed by atoms with E-state index in [1.165, 1.54) is 34.6 Å². The zero-order valence-electron chi connectivity index (χ0n) is 19.0. The molecule has 1 aliphatic heterocycles. The quantitative estimate of drug-likeness (QED) is 0.325. The number of halogens is 1. The molecular formula is C26H31IO4. The number of fused-ring (bicyclic) bond motifs is 1. The molecular weight excluding hydrogens is 503 g/mol. The monoisotopic (exact) mass is 534 g/mol. The first-order valence-electron chi connectivity index (χ1n) is 11.0. The second-order valence-electron chi connectivity index (χ2n) is 9.56. The largest absolute Gasteiger partial charge is 0.493 e. The Morgan fingerprint density at radius 3 is 2.61 bits per heavy atom. The fourth-order valence-electron chi connectivity index (χ4n) is 4.43. The van der Waals surface area contributed by atoms with Crippen LogP contribution in [0.4, 0.5) is 0 Å². The van der Waals surface area contributed by atoms with Crippen molar-refractivity contribution in [1.29, 1.82) is 0 Å². The molecule has 2 aromatic rings. The number of hydrogen-bond donors (Lipinski definition) is 0. The Kier molecular flexibility index (Phi) is 6.37. The molecule has 2 aliphatic rings. The molecule has 4 nitrogen and oxygen atoms in total. The van der Waals surface area contributed by atoms with Crippen LogP contribution in [0, 0.1) is 10.5 Å². The van der Waals surface area contributed by atoms with Crippen molar-refractivity contribution in [3.05, 3.63) is 50.1 Å². The maximum absolute atomic E-state index is 13.0. The molecule has 0 spiro atoms. The van der Waals surface area contributed by atoms with Gasteiger partial charge in [0.1, 0.15) is 5.75 Å². The highest BCUT2D eigenvalue weighted by Crippen LogP contribution is 2.50. The second kappa shape index (κ2) is 8.74. The average molecular weight is 534 g/mol. The van der Waals surface area contributed by atoms with Crippen LogP contribution in [0.2, 0.25) is 0 Å². The van der Waals surface area contributed by atoms with Crippen molar-refractivity contribution in [2.24, 2.45) is 0 Å². The Hall–Kier alpha value is -1.60. The lowest BCUT2D eigenvalue weighted by Crippen LogP contribution is -2.29. The van der Waals surface area contributed by atoms with E-state index in [1.54, 1.807) is 0 Å². The van der Waals surface area contributed by atoms with Gasteiger partial charge in [0.25, 0.3) is 0 Å². The lowest BCUT2D eigenvalue weighted by atomic mass is 9.85. The minimum atomic E-state index is -0.776. The number of rotatable bonds is 5. The van der Waals surface area contributed by atoms with E-state index < -0.39 is 11.7 Å². The number of esters is 1. The van der Waals surface area contributed by atoms with E-state index in [9.17, 15) is 4.79 Å². The summed E-state index contributed by atoms with van der Waals surface area (Å²) in [5.41, 5.74) is 6.34. The average Bonchev–Trinajstić information content (AvgIpc) is 3.55. The lowest BCUT2D eigenvalue weighted by molar-refractivity contribution is -0.164. The van der Waals surface area contributed by atoms with Crippen molar-refractivity contribution < 1.29 is 19.0 Å². The third-order valence-corrected chi connectivity index (χ3v) is 6.79.